The van der Waals surface area contributed by atoms with Crippen LogP contribution in [0, 0.1) is 0 Å². The van der Waals surface area contributed by atoms with Crippen LogP contribution >= 0.6 is 11.8 Å². The van der Waals surface area contributed by atoms with Gasteiger partial charge in [-0.15, -0.1) is 0 Å². The predicted octanol–water partition coefficient (Wildman–Crippen LogP) is 0.646. The second kappa shape index (κ2) is 4.19. The van der Waals surface area contributed by atoms with Crippen LogP contribution in [0.2, 0.25) is 0 Å². The molecule has 5 heteroatoms. The van der Waals surface area contributed by atoms with E-state index in [1.165, 1.54) is 0 Å². The molecule has 1 rings (SSSR count). The molecule has 3 nitrogen and oxygen atoms in total. The molecule has 0 saturated carbocycles. The zero-order valence-electron chi connectivity index (χ0n) is 7.95. The van der Waals surface area contributed by atoms with Crippen molar-refractivity contribution in [3.05, 3.63) is 0 Å². The van der Waals surface area contributed by atoms with Gasteiger partial charge in [0.1, 0.15) is 0 Å². The highest BCUT2D eigenvalue weighted by Crippen LogP contribution is 2.25. The molecule has 0 amide bonds. The summed E-state index contributed by atoms with van der Waals surface area (Å²) in [6.45, 7) is 2.10. The molecule has 1 aliphatic rings. The first-order valence-electron chi connectivity index (χ1n) is 4.54. The van der Waals surface area contributed by atoms with Crippen molar-refractivity contribution in [1.29, 1.82) is 0 Å². The van der Waals surface area contributed by atoms with Crippen LogP contribution in [0.25, 0.3) is 0 Å². The van der Waals surface area contributed by atoms with Crippen LogP contribution in [0.1, 0.15) is 19.8 Å². The third-order valence-corrected chi connectivity index (χ3v) is 5.11. The summed E-state index contributed by atoms with van der Waals surface area (Å²) >= 11 is 1.82. The maximum absolute atomic E-state index is 11.2. The number of hydrogen-bond acceptors (Lipinski definition) is 4. The fourth-order valence-corrected chi connectivity index (χ4v) is 4.42. The summed E-state index contributed by atoms with van der Waals surface area (Å²) in [5.41, 5.74) is 5.55. The van der Waals surface area contributed by atoms with Gasteiger partial charge in [-0.05, 0) is 24.3 Å². The number of hydrogen-bond donors (Lipinski definition) is 1. The maximum Gasteiger partial charge on any atom is 0.152 e. The van der Waals surface area contributed by atoms with E-state index >= 15 is 0 Å². The highest BCUT2D eigenvalue weighted by atomic mass is 32.2. The van der Waals surface area contributed by atoms with Crippen LogP contribution in [0.3, 0.4) is 0 Å². The van der Waals surface area contributed by atoms with E-state index in [0.29, 0.717) is 6.42 Å². The third-order valence-electron chi connectivity index (χ3n) is 2.37. The Morgan fingerprint density at radius 1 is 1.54 bits per heavy atom. The normalized spacial score (nSPS) is 32.2. The molecule has 0 aromatic rings. The van der Waals surface area contributed by atoms with Crippen LogP contribution in [-0.2, 0) is 9.84 Å². The van der Waals surface area contributed by atoms with Crippen molar-refractivity contribution in [3.8, 4) is 0 Å². The first-order valence-corrected chi connectivity index (χ1v) is 7.52. The minimum Gasteiger partial charge on any atom is -0.324 e. The van der Waals surface area contributed by atoms with Gasteiger partial charge in [0.25, 0.3) is 0 Å². The van der Waals surface area contributed by atoms with Crippen LogP contribution in [-0.4, -0.2) is 37.0 Å². The molecule has 0 spiro atoms. The summed E-state index contributed by atoms with van der Waals surface area (Å²) in [5, 5.41) is 0. The lowest BCUT2D eigenvalue weighted by atomic mass is 9.97. The first-order chi connectivity index (χ1) is 5.97. The Morgan fingerprint density at radius 3 is 2.69 bits per heavy atom. The van der Waals surface area contributed by atoms with Gasteiger partial charge in [-0.2, -0.15) is 11.8 Å². The number of rotatable bonds is 4. The van der Waals surface area contributed by atoms with E-state index in [2.05, 4.69) is 6.92 Å². The quantitative estimate of drug-likeness (QED) is 0.711. The molecule has 0 radical (unpaired) electrons. The largest absolute Gasteiger partial charge is 0.324 e. The van der Waals surface area contributed by atoms with Gasteiger partial charge < -0.3 is 5.73 Å². The van der Waals surface area contributed by atoms with E-state index in [9.17, 15) is 8.42 Å². The summed E-state index contributed by atoms with van der Waals surface area (Å²) in [6, 6.07) is 0. The predicted molar refractivity (Wildman–Crippen MR) is 57.8 cm³/mol. The molecule has 0 bridgehead atoms. The molecular formula is C8H17NO2S2. The lowest BCUT2D eigenvalue weighted by Crippen LogP contribution is -2.41. The van der Waals surface area contributed by atoms with Crippen molar-refractivity contribution < 1.29 is 8.42 Å². The van der Waals surface area contributed by atoms with Crippen LogP contribution in [0.5, 0.6) is 0 Å². The number of nitrogens with two attached hydrogens (primary N) is 1. The molecule has 0 aliphatic carbocycles. The fraction of sp³-hybridized carbons (Fsp3) is 1.00. The van der Waals surface area contributed by atoms with E-state index in [-0.39, 0.29) is 11.5 Å². The summed E-state index contributed by atoms with van der Waals surface area (Å²) < 4.78 is 22.4. The minimum absolute atomic E-state index is 0.185. The van der Waals surface area contributed by atoms with Gasteiger partial charge >= 0.3 is 0 Å². The van der Waals surface area contributed by atoms with Crippen LogP contribution in [0.4, 0.5) is 0 Å². The van der Waals surface area contributed by atoms with Crippen LogP contribution < -0.4 is 5.73 Å². The van der Waals surface area contributed by atoms with Crippen molar-refractivity contribution >= 4 is 21.6 Å². The van der Waals surface area contributed by atoms with Gasteiger partial charge in [-0.3, -0.25) is 0 Å². The van der Waals surface area contributed by atoms with Crippen molar-refractivity contribution in [3.63, 3.8) is 0 Å². The highest BCUT2D eigenvalue weighted by Gasteiger charge is 2.38. The van der Waals surface area contributed by atoms with Gasteiger partial charge in [0.15, 0.2) is 9.84 Å². The average molecular weight is 223 g/mol. The van der Waals surface area contributed by atoms with E-state index in [4.69, 9.17) is 5.73 Å². The lowest BCUT2D eigenvalue weighted by Gasteiger charge is -2.21. The van der Waals surface area contributed by atoms with Crippen molar-refractivity contribution in [2.24, 2.45) is 5.73 Å². The topological polar surface area (TPSA) is 60.2 Å². The Morgan fingerprint density at radius 2 is 2.23 bits per heavy atom. The smallest absolute Gasteiger partial charge is 0.152 e. The Bertz CT molecular complexity index is 263. The van der Waals surface area contributed by atoms with Crippen molar-refractivity contribution in [2.75, 3.05) is 23.0 Å². The van der Waals surface area contributed by atoms with E-state index in [0.717, 1.165) is 17.9 Å². The molecule has 13 heavy (non-hydrogen) atoms. The number of thioether (sulfide) groups is 1. The van der Waals surface area contributed by atoms with E-state index < -0.39 is 15.4 Å². The molecule has 1 heterocycles. The monoisotopic (exact) mass is 223 g/mol. The summed E-state index contributed by atoms with van der Waals surface area (Å²) in [7, 11) is -2.83. The van der Waals surface area contributed by atoms with E-state index in [1.807, 2.05) is 11.8 Å². The Balaban J connectivity index is 2.41. The molecule has 1 fully saturated rings. The molecule has 0 aromatic carbocycles. The number of sulfone groups is 1. The Kier molecular flexibility index (Phi) is 3.65. The molecule has 1 unspecified atom stereocenters. The summed E-state index contributed by atoms with van der Waals surface area (Å²) in [4.78, 5) is 0. The Labute approximate surface area is 84.4 Å². The minimum atomic E-state index is -2.83. The first kappa shape index (κ1) is 11.3. The second-order valence-electron chi connectivity index (χ2n) is 3.65. The molecule has 1 aliphatic heterocycles. The molecule has 0 aromatic heterocycles. The second-order valence-corrected chi connectivity index (χ2v) is 7.23. The summed E-state index contributed by atoms with van der Waals surface area (Å²) in [6.07, 6.45) is 1.46. The average Bonchev–Trinajstić information content (AvgIpc) is 2.27. The molecule has 1 atom stereocenters. The molecule has 78 valence electrons. The Hall–Kier alpha value is 0.260. The van der Waals surface area contributed by atoms with E-state index in [1.54, 1.807) is 0 Å². The zero-order chi connectivity index (χ0) is 9.95. The molecule has 1 saturated heterocycles. The van der Waals surface area contributed by atoms with Gasteiger partial charge in [0.2, 0.25) is 0 Å². The zero-order valence-corrected chi connectivity index (χ0v) is 9.59. The SMILES string of the molecule is CCSCCC1(N)CCS(=O)(=O)C1. The van der Waals surface area contributed by atoms with Gasteiger partial charge in [-0.25, -0.2) is 8.42 Å². The molecule has 2 N–H and O–H groups in total. The fourth-order valence-electron chi connectivity index (χ4n) is 1.56. The van der Waals surface area contributed by atoms with Gasteiger partial charge in [0.05, 0.1) is 11.5 Å². The lowest BCUT2D eigenvalue weighted by molar-refractivity contribution is 0.467. The van der Waals surface area contributed by atoms with Crippen molar-refractivity contribution in [2.45, 2.75) is 25.3 Å². The molecular weight excluding hydrogens is 206 g/mol. The van der Waals surface area contributed by atoms with Gasteiger partial charge in [0, 0.05) is 5.54 Å². The van der Waals surface area contributed by atoms with Crippen molar-refractivity contribution in [1.82, 2.24) is 0 Å². The third kappa shape index (κ3) is 3.48. The standard InChI is InChI=1S/C8H17NO2S2/c1-2-12-5-3-8(9)4-6-13(10,11)7-8/h2-7,9H2,1H3. The van der Waals surface area contributed by atoms with Crippen LogP contribution in [0.15, 0.2) is 0 Å². The summed E-state index contributed by atoms with van der Waals surface area (Å²) in [5.74, 6) is 2.51. The highest BCUT2D eigenvalue weighted by molar-refractivity contribution is 7.99. The maximum atomic E-state index is 11.2. The van der Waals surface area contributed by atoms with Gasteiger partial charge in [-0.1, -0.05) is 6.92 Å².